The number of sulfonamides is 1. The number of allylic oxidation sites excluding steroid dienone is 1. The maximum atomic E-state index is 13.5. The largest absolute Gasteiger partial charge is 0.497 e. The molecule has 2 heterocycles. The van der Waals surface area contributed by atoms with E-state index in [0.29, 0.717) is 27.8 Å². The third-order valence-electron chi connectivity index (χ3n) is 5.12. The van der Waals surface area contributed by atoms with Crippen molar-refractivity contribution in [1.29, 1.82) is 0 Å². The first-order valence-electron chi connectivity index (χ1n) is 9.74. The first-order chi connectivity index (χ1) is 15.3. The Hall–Kier alpha value is -3.30. The molecule has 1 N–H and O–H groups in total. The van der Waals surface area contributed by atoms with Crippen LogP contribution in [-0.2, 0) is 16.6 Å². The molecular formula is C23H22N2O5S2. The lowest BCUT2D eigenvalue weighted by molar-refractivity contribution is 0.104. The second-order valence-electron chi connectivity index (χ2n) is 7.18. The molecule has 2 aromatic carbocycles. The van der Waals surface area contributed by atoms with Gasteiger partial charge in [0, 0.05) is 12.3 Å². The summed E-state index contributed by atoms with van der Waals surface area (Å²) >= 11 is 1.22. The number of nitrogens with one attached hydrogen (secondary N) is 1. The smallest absolute Gasteiger partial charge is 0.270 e. The number of ketones is 1. The van der Waals surface area contributed by atoms with Crippen molar-refractivity contribution in [2.24, 2.45) is 0 Å². The van der Waals surface area contributed by atoms with E-state index in [1.165, 1.54) is 36.1 Å². The Morgan fingerprint density at radius 1 is 1.06 bits per heavy atom. The number of carbonyl (C=O) groups excluding carboxylic acids is 1. The molecule has 0 saturated carbocycles. The predicted molar refractivity (Wildman–Crippen MR) is 126 cm³/mol. The summed E-state index contributed by atoms with van der Waals surface area (Å²) < 4.78 is 38.8. The summed E-state index contributed by atoms with van der Waals surface area (Å²) in [6.45, 7) is 2.09. The highest BCUT2D eigenvalue weighted by atomic mass is 32.2. The van der Waals surface area contributed by atoms with Crippen molar-refractivity contribution in [2.45, 2.75) is 13.5 Å². The molecule has 0 atom stereocenters. The molecule has 1 aromatic heterocycles. The number of thiophene rings is 1. The van der Waals surface area contributed by atoms with E-state index in [4.69, 9.17) is 9.47 Å². The van der Waals surface area contributed by atoms with E-state index < -0.39 is 15.8 Å². The van der Waals surface area contributed by atoms with Gasteiger partial charge in [-0.2, -0.15) is 0 Å². The Balaban J connectivity index is 1.75. The molecule has 0 amide bonds. The highest BCUT2D eigenvalue weighted by Gasteiger charge is 2.41. The average Bonchev–Trinajstić information content (AvgIpc) is 3.27. The monoisotopic (exact) mass is 470 g/mol. The number of fused-ring (bicyclic) bond motifs is 1. The van der Waals surface area contributed by atoms with Crippen molar-refractivity contribution in [1.82, 2.24) is 0 Å². The fraction of sp³-hybridized carbons (Fsp3) is 0.174. The Morgan fingerprint density at radius 3 is 2.50 bits per heavy atom. The molecule has 0 spiro atoms. The molecule has 4 rings (SSSR count). The molecule has 3 aromatic rings. The number of nitrogens with zero attached hydrogens (tertiary/aromatic N) is 1. The number of hydrogen-bond donors (Lipinski definition) is 1. The minimum Gasteiger partial charge on any atom is -0.497 e. The predicted octanol–water partition coefficient (Wildman–Crippen LogP) is 4.56. The number of ether oxygens (including phenoxy) is 2. The number of carbonyl (C=O) groups is 1. The van der Waals surface area contributed by atoms with E-state index in [9.17, 15) is 13.2 Å². The van der Waals surface area contributed by atoms with Crippen molar-refractivity contribution in [3.8, 4) is 11.5 Å². The highest BCUT2D eigenvalue weighted by molar-refractivity contribution is 7.97. The lowest BCUT2D eigenvalue weighted by Crippen LogP contribution is -2.38. The van der Waals surface area contributed by atoms with Gasteiger partial charge in [-0.05, 0) is 36.1 Å². The van der Waals surface area contributed by atoms with Gasteiger partial charge in [0.2, 0.25) is 5.78 Å². The zero-order valence-corrected chi connectivity index (χ0v) is 19.4. The average molecular weight is 471 g/mol. The SMILES string of the molecule is COc1ccc(OC)c(NC=C2C(=O)c3sccc3N(Cc3ccc(C)cc3)S2(=O)=O)c1. The Morgan fingerprint density at radius 2 is 1.81 bits per heavy atom. The number of methoxy groups -OCH3 is 2. The quantitative estimate of drug-likeness (QED) is 0.532. The minimum absolute atomic E-state index is 0.124. The van der Waals surface area contributed by atoms with Gasteiger partial charge >= 0.3 is 0 Å². The molecule has 0 saturated heterocycles. The van der Waals surface area contributed by atoms with E-state index in [2.05, 4.69) is 5.32 Å². The van der Waals surface area contributed by atoms with Crippen LogP contribution in [0.4, 0.5) is 11.4 Å². The molecule has 0 fully saturated rings. The number of hydrogen-bond acceptors (Lipinski definition) is 7. The summed E-state index contributed by atoms with van der Waals surface area (Å²) in [5, 5.41) is 4.64. The highest BCUT2D eigenvalue weighted by Crippen LogP contribution is 2.39. The molecule has 0 bridgehead atoms. The van der Waals surface area contributed by atoms with E-state index in [1.54, 1.807) is 29.6 Å². The summed E-state index contributed by atoms with van der Waals surface area (Å²) in [6, 6.07) is 14.4. The van der Waals surface area contributed by atoms with Crippen LogP contribution in [0.25, 0.3) is 0 Å². The molecule has 32 heavy (non-hydrogen) atoms. The summed E-state index contributed by atoms with van der Waals surface area (Å²) in [5.74, 6) is 0.507. The van der Waals surface area contributed by atoms with Gasteiger partial charge in [0.15, 0.2) is 4.91 Å². The van der Waals surface area contributed by atoms with Crippen LogP contribution in [0.1, 0.15) is 20.8 Å². The zero-order chi connectivity index (χ0) is 22.9. The third kappa shape index (κ3) is 3.96. The number of anilines is 2. The molecule has 1 aliphatic rings. The molecular weight excluding hydrogens is 448 g/mol. The lowest BCUT2D eigenvalue weighted by atomic mass is 10.1. The number of benzene rings is 2. The molecule has 9 heteroatoms. The molecule has 166 valence electrons. The van der Waals surface area contributed by atoms with Crippen molar-refractivity contribution < 1.29 is 22.7 Å². The second-order valence-corrected chi connectivity index (χ2v) is 9.93. The summed E-state index contributed by atoms with van der Waals surface area (Å²) in [5.41, 5.74) is 2.78. The second kappa shape index (κ2) is 8.68. The van der Waals surface area contributed by atoms with Crippen molar-refractivity contribution in [3.63, 3.8) is 0 Å². The van der Waals surface area contributed by atoms with Gasteiger partial charge in [-0.25, -0.2) is 8.42 Å². The van der Waals surface area contributed by atoms with Crippen LogP contribution in [0, 0.1) is 6.92 Å². The van der Waals surface area contributed by atoms with Gasteiger partial charge < -0.3 is 14.8 Å². The van der Waals surface area contributed by atoms with Gasteiger partial charge in [0.1, 0.15) is 16.4 Å². The van der Waals surface area contributed by atoms with Gasteiger partial charge in [0.25, 0.3) is 10.0 Å². The first kappa shape index (κ1) is 21.9. The van der Waals surface area contributed by atoms with Crippen LogP contribution in [0.3, 0.4) is 0 Å². The van der Waals surface area contributed by atoms with E-state index in [-0.39, 0.29) is 11.4 Å². The topological polar surface area (TPSA) is 84.9 Å². The summed E-state index contributed by atoms with van der Waals surface area (Å²) in [4.78, 5) is 13.1. The molecule has 0 radical (unpaired) electrons. The maximum absolute atomic E-state index is 13.5. The minimum atomic E-state index is -4.09. The number of Topliss-reactive ketones (excluding diaryl/α,β-unsaturated/α-hetero) is 1. The molecule has 0 aliphatic carbocycles. The van der Waals surface area contributed by atoms with Gasteiger partial charge in [-0.3, -0.25) is 9.10 Å². The number of rotatable bonds is 6. The molecule has 0 unspecified atom stereocenters. The van der Waals surface area contributed by atoms with Gasteiger partial charge in [0.05, 0.1) is 32.1 Å². The number of aryl methyl sites for hydroxylation is 1. The molecule has 1 aliphatic heterocycles. The van der Waals surface area contributed by atoms with Crippen LogP contribution < -0.4 is 19.1 Å². The Kier molecular flexibility index (Phi) is 5.94. The van der Waals surface area contributed by atoms with Crippen LogP contribution in [0.15, 0.2) is 65.0 Å². The van der Waals surface area contributed by atoms with Crippen molar-refractivity contribution >= 4 is 38.5 Å². The maximum Gasteiger partial charge on any atom is 0.270 e. The fourth-order valence-corrected chi connectivity index (χ4v) is 5.87. The Bertz CT molecular complexity index is 1290. The van der Waals surface area contributed by atoms with Crippen molar-refractivity contribution in [2.75, 3.05) is 23.8 Å². The Labute approximate surface area is 191 Å². The van der Waals surface area contributed by atoms with Crippen LogP contribution in [0.2, 0.25) is 0 Å². The first-order valence-corrected chi connectivity index (χ1v) is 12.1. The fourth-order valence-electron chi connectivity index (χ4n) is 3.39. The van der Waals surface area contributed by atoms with Gasteiger partial charge in [-0.1, -0.05) is 29.8 Å². The lowest BCUT2D eigenvalue weighted by Gasteiger charge is -2.29. The summed E-state index contributed by atoms with van der Waals surface area (Å²) in [6.07, 6.45) is 1.22. The van der Waals surface area contributed by atoms with E-state index in [0.717, 1.165) is 11.1 Å². The zero-order valence-electron chi connectivity index (χ0n) is 17.8. The summed E-state index contributed by atoms with van der Waals surface area (Å²) in [7, 11) is -1.06. The standard InChI is InChI=1S/C23H22N2O5S2/c1-15-4-6-16(7-5-15)14-25-19-10-11-31-23(19)22(26)21(32(25,27)28)13-24-18-12-17(29-2)8-9-20(18)30-3/h4-13,24H,14H2,1-3H3. The van der Waals surface area contributed by atoms with Gasteiger partial charge in [-0.15, -0.1) is 11.3 Å². The van der Waals surface area contributed by atoms with Crippen LogP contribution >= 0.6 is 11.3 Å². The normalized spacial score (nSPS) is 16.0. The molecule has 7 nitrogen and oxygen atoms in total. The third-order valence-corrected chi connectivity index (χ3v) is 7.79. The van der Waals surface area contributed by atoms with Crippen molar-refractivity contribution in [3.05, 3.63) is 81.0 Å². The van der Waals surface area contributed by atoms with Crippen LogP contribution in [-0.4, -0.2) is 28.4 Å². The van der Waals surface area contributed by atoms with E-state index in [1.807, 2.05) is 31.2 Å². The van der Waals surface area contributed by atoms with E-state index >= 15 is 0 Å². The van der Waals surface area contributed by atoms with Crippen LogP contribution in [0.5, 0.6) is 11.5 Å².